The number of aliphatic hydroxyl groups is 1. The number of carbonyl (C=O) groups is 1. The van der Waals surface area contributed by atoms with Crippen LogP contribution in [0.25, 0.3) is 0 Å². The highest BCUT2D eigenvalue weighted by Gasteiger charge is 1.98. The van der Waals surface area contributed by atoms with Gasteiger partial charge in [0.05, 0.1) is 6.61 Å². The molecular weight excluding hydrogens is 252 g/mol. The van der Waals surface area contributed by atoms with Gasteiger partial charge < -0.3 is 15.7 Å². The number of nitrogens with one attached hydrogen (secondary N) is 2. The Kier molecular flexibility index (Phi) is 4.74. The molecule has 0 aliphatic heterocycles. The van der Waals surface area contributed by atoms with Crippen molar-refractivity contribution in [3.63, 3.8) is 0 Å². The molecule has 20 heavy (non-hydrogen) atoms. The van der Waals surface area contributed by atoms with Gasteiger partial charge in [0.2, 0.25) is 5.91 Å². The fourth-order valence-corrected chi connectivity index (χ4v) is 1.88. The molecule has 3 N–H and O–H groups in total. The SMILES string of the molecule is CC(=O)Nc1cccc(NCc2ccc(CO)cc2)c1. The van der Waals surface area contributed by atoms with Crippen molar-refractivity contribution in [1.29, 1.82) is 0 Å². The molecule has 0 saturated heterocycles. The topological polar surface area (TPSA) is 61.4 Å². The third-order valence-electron chi connectivity index (χ3n) is 2.89. The molecule has 0 unspecified atom stereocenters. The lowest BCUT2D eigenvalue weighted by Gasteiger charge is -2.09. The van der Waals surface area contributed by atoms with Gasteiger partial charge in [0, 0.05) is 24.8 Å². The molecule has 4 nitrogen and oxygen atoms in total. The second-order valence-electron chi connectivity index (χ2n) is 4.59. The molecule has 2 rings (SSSR count). The predicted octanol–water partition coefficient (Wildman–Crippen LogP) is 2.75. The van der Waals surface area contributed by atoms with E-state index in [1.807, 2.05) is 48.5 Å². The van der Waals surface area contributed by atoms with Crippen LogP contribution in [0.1, 0.15) is 18.1 Å². The Morgan fingerprint density at radius 1 is 1.05 bits per heavy atom. The molecule has 0 saturated carbocycles. The third kappa shape index (κ3) is 4.10. The Morgan fingerprint density at radius 2 is 1.70 bits per heavy atom. The maximum atomic E-state index is 11.0. The fourth-order valence-electron chi connectivity index (χ4n) is 1.88. The summed E-state index contributed by atoms with van der Waals surface area (Å²) >= 11 is 0. The van der Waals surface area contributed by atoms with E-state index in [4.69, 9.17) is 5.11 Å². The molecule has 0 radical (unpaired) electrons. The van der Waals surface area contributed by atoms with Crippen molar-refractivity contribution in [3.05, 3.63) is 59.7 Å². The van der Waals surface area contributed by atoms with E-state index in [1.165, 1.54) is 6.92 Å². The Bertz CT molecular complexity index is 579. The zero-order chi connectivity index (χ0) is 14.4. The van der Waals surface area contributed by atoms with Gasteiger partial charge >= 0.3 is 0 Å². The molecule has 0 atom stereocenters. The van der Waals surface area contributed by atoms with E-state index in [0.29, 0.717) is 6.54 Å². The lowest BCUT2D eigenvalue weighted by Crippen LogP contribution is -2.06. The van der Waals surface area contributed by atoms with Crippen molar-refractivity contribution in [2.45, 2.75) is 20.1 Å². The van der Waals surface area contributed by atoms with Crippen molar-refractivity contribution in [2.75, 3.05) is 10.6 Å². The van der Waals surface area contributed by atoms with Crippen molar-refractivity contribution < 1.29 is 9.90 Å². The first-order valence-electron chi connectivity index (χ1n) is 6.47. The van der Waals surface area contributed by atoms with Crippen LogP contribution in [0.4, 0.5) is 11.4 Å². The lowest BCUT2D eigenvalue weighted by atomic mass is 10.1. The van der Waals surface area contributed by atoms with E-state index in [1.54, 1.807) is 0 Å². The highest BCUT2D eigenvalue weighted by molar-refractivity contribution is 5.89. The Labute approximate surface area is 118 Å². The summed E-state index contributed by atoms with van der Waals surface area (Å²) in [6, 6.07) is 15.4. The molecule has 0 heterocycles. The molecule has 0 spiro atoms. The minimum absolute atomic E-state index is 0.0620. The summed E-state index contributed by atoms with van der Waals surface area (Å²) in [7, 11) is 0. The normalized spacial score (nSPS) is 10.1. The second-order valence-corrected chi connectivity index (χ2v) is 4.59. The number of hydrogen-bond donors (Lipinski definition) is 3. The van der Waals surface area contributed by atoms with Crippen LogP contribution in [0.15, 0.2) is 48.5 Å². The first-order valence-corrected chi connectivity index (χ1v) is 6.47. The van der Waals surface area contributed by atoms with Crippen LogP contribution in [0.3, 0.4) is 0 Å². The fraction of sp³-hybridized carbons (Fsp3) is 0.188. The summed E-state index contributed by atoms with van der Waals surface area (Å²) in [6.45, 7) is 2.24. The van der Waals surface area contributed by atoms with E-state index in [9.17, 15) is 4.79 Å². The molecule has 2 aromatic rings. The van der Waals surface area contributed by atoms with Crippen LogP contribution < -0.4 is 10.6 Å². The quantitative estimate of drug-likeness (QED) is 0.783. The second kappa shape index (κ2) is 6.73. The summed E-state index contributed by atoms with van der Waals surface area (Å²) in [5.41, 5.74) is 3.76. The van der Waals surface area contributed by atoms with E-state index < -0.39 is 0 Å². The molecule has 104 valence electrons. The molecule has 0 aliphatic rings. The van der Waals surface area contributed by atoms with Gasteiger partial charge in [-0.1, -0.05) is 30.3 Å². The number of benzene rings is 2. The van der Waals surface area contributed by atoms with E-state index in [-0.39, 0.29) is 12.5 Å². The van der Waals surface area contributed by atoms with Gasteiger partial charge in [0.25, 0.3) is 0 Å². The van der Waals surface area contributed by atoms with Gasteiger partial charge in [-0.05, 0) is 29.3 Å². The Morgan fingerprint density at radius 3 is 2.35 bits per heavy atom. The summed E-state index contributed by atoms with van der Waals surface area (Å²) in [6.07, 6.45) is 0. The maximum Gasteiger partial charge on any atom is 0.221 e. The van der Waals surface area contributed by atoms with Gasteiger partial charge in [-0.25, -0.2) is 0 Å². The number of aliphatic hydroxyl groups excluding tert-OH is 1. The van der Waals surface area contributed by atoms with Crippen LogP contribution in [-0.2, 0) is 17.9 Å². The number of hydrogen-bond acceptors (Lipinski definition) is 3. The molecule has 2 aromatic carbocycles. The summed E-state index contributed by atoms with van der Waals surface area (Å²) in [4.78, 5) is 11.0. The standard InChI is InChI=1S/C16H18N2O2/c1-12(20)18-16-4-2-3-15(9-16)17-10-13-5-7-14(11-19)8-6-13/h2-9,17,19H,10-11H2,1H3,(H,18,20). The van der Waals surface area contributed by atoms with Crippen LogP contribution >= 0.6 is 0 Å². The van der Waals surface area contributed by atoms with Gasteiger partial charge in [-0.2, -0.15) is 0 Å². The highest BCUT2D eigenvalue weighted by Crippen LogP contribution is 2.16. The zero-order valence-corrected chi connectivity index (χ0v) is 11.4. The minimum atomic E-state index is -0.0817. The van der Waals surface area contributed by atoms with Crippen molar-refractivity contribution >= 4 is 17.3 Å². The van der Waals surface area contributed by atoms with Crippen LogP contribution in [-0.4, -0.2) is 11.0 Å². The van der Waals surface area contributed by atoms with Crippen molar-refractivity contribution in [1.82, 2.24) is 0 Å². The summed E-state index contributed by atoms with van der Waals surface area (Å²) < 4.78 is 0. The highest BCUT2D eigenvalue weighted by atomic mass is 16.3. The molecular formula is C16H18N2O2. The zero-order valence-electron chi connectivity index (χ0n) is 11.4. The van der Waals surface area contributed by atoms with E-state index >= 15 is 0 Å². The first-order chi connectivity index (χ1) is 9.67. The monoisotopic (exact) mass is 270 g/mol. The number of amides is 1. The van der Waals surface area contributed by atoms with Crippen LogP contribution in [0, 0.1) is 0 Å². The molecule has 0 fully saturated rings. The maximum absolute atomic E-state index is 11.0. The smallest absolute Gasteiger partial charge is 0.221 e. The van der Waals surface area contributed by atoms with Crippen LogP contribution in [0.2, 0.25) is 0 Å². The first kappa shape index (κ1) is 14.1. The molecule has 0 bridgehead atoms. The molecule has 0 aromatic heterocycles. The van der Waals surface area contributed by atoms with E-state index in [2.05, 4.69) is 10.6 Å². The average Bonchev–Trinajstić information content (AvgIpc) is 2.45. The van der Waals surface area contributed by atoms with Crippen LogP contribution in [0.5, 0.6) is 0 Å². The summed E-state index contributed by atoms with van der Waals surface area (Å²) in [5.74, 6) is -0.0817. The molecule has 1 amide bonds. The van der Waals surface area contributed by atoms with Crippen molar-refractivity contribution in [2.24, 2.45) is 0 Å². The summed E-state index contributed by atoms with van der Waals surface area (Å²) in [5, 5.41) is 15.0. The molecule has 0 aliphatic carbocycles. The Hall–Kier alpha value is -2.33. The van der Waals surface area contributed by atoms with Crippen molar-refractivity contribution in [3.8, 4) is 0 Å². The average molecular weight is 270 g/mol. The number of rotatable bonds is 5. The number of anilines is 2. The molecule has 4 heteroatoms. The largest absolute Gasteiger partial charge is 0.392 e. The van der Waals surface area contributed by atoms with E-state index in [0.717, 1.165) is 22.5 Å². The minimum Gasteiger partial charge on any atom is -0.392 e. The van der Waals surface area contributed by atoms with Gasteiger partial charge in [0.15, 0.2) is 0 Å². The Balaban J connectivity index is 1.97. The predicted molar refractivity (Wildman–Crippen MR) is 80.4 cm³/mol. The lowest BCUT2D eigenvalue weighted by molar-refractivity contribution is -0.114. The third-order valence-corrected chi connectivity index (χ3v) is 2.89. The van der Waals surface area contributed by atoms with Gasteiger partial charge in [-0.15, -0.1) is 0 Å². The number of carbonyl (C=O) groups excluding carboxylic acids is 1. The van der Waals surface area contributed by atoms with Gasteiger partial charge in [-0.3, -0.25) is 4.79 Å². The van der Waals surface area contributed by atoms with Gasteiger partial charge in [0.1, 0.15) is 0 Å².